The van der Waals surface area contributed by atoms with Gasteiger partial charge in [0.2, 0.25) is 30.1 Å². The van der Waals surface area contributed by atoms with Crippen LogP contribution in [-0.2, 0) is 79.2 Å². The van der Waals surface area contributed by atoms with Crippen molar-refractivity contribution >= 4 is 180 Å². The fourth-order valence-electron chi connectivity index (χ4n) is 18.3. The maximum atomic E-state index is 13.8. The van der Waals surface area contributed by atoms with Gasteiger partial charge in [-0.25, -0.2) is 100 Å². The maximum Gasteiger partial charge on any atom is 0.338 e. The molecule has 4 N–H and O–H groups in total. The summed E-state index contributed by atoms with van der Waals surface area (Å²) in [6.07, 6.45) is 12.1. The Morgan fingerprint density at radius 1 is 0.457 bits per heavy atom. The Hall–Kier alpha value is -9.20. The summed E-state index contributed by atoms with van der Waals surface area (Å²) in [5.74, 6) is -2.13. The molecule has 19 rings (SSSR count). The molecule has 4 saturated heterocycles. The van der Waals surface area contributed by atoms with Crippen LogP contribution in [0.4, 0.5) is 17.6 Å². The third kappa shape index (κ3) is 22.3. The van der Waals surface area contributed by atoms with Crippen LogP contribution in [-0.4, -0.2) is 237 Å². The van der Waals surface area contributed by atoms with Gasteiger partial charge in [-0.1, -0.05) is 83.5 Å². The summed E-state index contributed by atoms with van der Waals surface area (Å²) in [5.41, 5.74) is 5.48. The highest BCUT2D eigenvalue weighted by molar-refractivity contribution is 7.90. The second-order valence-electron chi connectivity index (χ2n) is 34.5. The predicted molar refractivity (Wildman–Crippen MR) is 528 cm³/mol. The molecule has 48 heteroatoms. The van der Waals surface area contributed by atoms with Crippen molar-refractivity contribution in [2.75, 3.05) is 59.7 Å². The number of nitrogens with zero attached hydrogens (tertiary/aromatic N) is 13. The molecule has 9 atom stereocenters. The number of halogens is 8. The Labute approximate surface area is 844 Å². The van der Waals surface area contributed by atoms with Gasteiger partial charge >= 0.3 is 23.9 Å². The molecule has 8 aliphatic heterocycles. The molecule has 0 radical (unpaired) electrons. The van der Waals surface area contributed by atoms with Crippen LogP contribution in [0.25, 0.3) is 0 Å². The largest absolute Gasteiger partial charge is 0.463 e. The van der Waals surface area contributed by atoms with Crippen molar-refractivity contribution in [2.24, 2.45) is 20.0 Å². The number of aromatic nitrogens is 4. The minimum Gasteiger partial charge on any atom is -0.463 e. The number of aliphatic imine (C=N–C) groups is 4. The van der Waals surface area contributed by atoms with Crippen LogP contribution in [0.2, 0.25) is 20.1 Å². The minimum atomic E-state index is -3.67. The number of aliphatic hydroxyl groups is 1. The van der Waals surface area contributed by atoms with E-state index in [1.54, 1.807) is 75.9 Å². The predicted octanol–water partition coefficient (Wildman–Crippen LogP) is 14.7. The standard InChI is InChI=1S/C24H26ClFN4O4S2.C23H24ClFN4O5S2.C23H24ClFN4O4S2.C22H24ClFN4O3S2/c1-2-34-24(31)20-19-12-15(29-36(32,33)16-5-3-4-6-16)13-30(19)22(23-27-9-10-35-23)28-21(20)17-8-7-14(26)11-18(17)25;1-2-34-23(31)19-18-8-13(28-36(32,33)15-9-14(30)10-15)11-29(18)21(22-26-5-6-35-22)27-20(19)16-4-3-12(25)7-17(16)24;1-3-33-23(30)19-18-11-14(28(2)35(31,32)15-5-6-15)12-29(18)21(22-26-8-9-34-22)27-20(19)16-7-4-13(25)10-17(16)24;1-4-31-22(29)18-17-10-14(27-33(30)12(2)3)11-28(17)20(21-25-7-8-32-21)26-19(18)15-6-5-13(24)9-16(15)23/h7-11,15-16,21,29H,2-6,12-13H2,1H3;3-7,13-15,20,28,30H,2,8-11H2,1H3;4,7-10,14-15,20H,3,5-6,11-12H2,1-2H3;5-9,12,14,19,27H,4,10-11H2,1-3H3/t15-,21-;13-,14?,15?,20-;14-,20-;14-,19-,33?/m0000/s1. The van der Waals surface area contributed by atoms with Crippen LogP contribution >= 0.6 is 91.8 Å². The SMILES string of the molecule is CCOC(=O)C1=C2C[C@H](N(C)S(=O)(=O)C3CC3)CN2C(c2nccs2)=N[C@H]1c1ccc(F)cc1Cl.CCOC(=O)C1=C2C[C@H](NS(=O)(=O)C3CC(O)C3)CN2C(c2nccs2)=N[C@H]1c1ccc(F)cc1Cl.CCOC(=O)C1=C2C[C@H](NS(=O)(=O)C3CCCC3)CN2C(c2nccs2)=N[C@H]1c1ccc(F)cc1Cl.CCOC(=O)C1=C2C[C@H](NS(=O)C(C)C)CN2C(c2nccs2)=N[C@H]1c1ccc(F)cc1Cl. The van der Waals surface area contributed by atoms with Crippen molar-refractivity contribution < 1.29 is 90.3 Å². The number of rotatable bonds is 28. The molecule has 11 aliphatic rings. The van der Waals surface area contributed by atoms with Gasteiger partial charge in [0.05, 0.1) is 81.6 Å². The molecule has 4 aromatic heterocycles. The Balaban J connectivity index is 0.000000135. The lowest BCUT2D eigenvalue weighted by atomic mass is 9.94. The van der Waals surface area contributed by atoms with E-state index in [1.807, 2.05) is 44.7 Å². The summed E-state index contributed by atoms with van der Waals surface area (Å²) in [4.78, 5) is 97.4. The summed E-state index contributed by atoms with van der Waals surface area (Å²) in [5, 5.41) is 18.5. The summed E-state index contributed by atoms with van der Waals surface area (Å²) < 4.78 is 177. The number of thiazole rings is 4. The van der Waals surface area contributed by atoms with Crippen LogP contribution in [0.1, 0.15) is 185 Å². The molecule has 746 valence electrons. The van der Waals surface area contributed by atoms with Crippen LogP contribution in [0.5, 0.6) is 0 Å². The van der Waals surface area contributed by atoms with E-state index < -0.39 is 147 Å². The first-order valence-electron chi connectivity index (χ1n) is 45.2. The van der Waals surface area contributed by atoms with Gasteiger partial charge in [-0.05, 0) is 129 Å². The number of nitrogens with one attached hydrogen (secondary N) is 3. The molecule has 8 aromatic rings. The summed E-state index contributed by atoms with van der Waals surface area (Å²) >= 11 is 31.1. The van der Waals surface area contributed by atoms with Crippen LogP contribution in [0.3, 0.4) is 0 Å². The van der Waals surface area contributed by atoms with Crippen LogP contribution in [0.15, 0.2) is 184 Å². The van der Waals surface area contributed by atoms with Gasteiger partial charge in [-0.3, -0.25) is 20.0 Å². The number of ether oxygens (including phenoxy) is 4. The number of carbonyl (C=O) groups is 4. The van der Waals surface area contributed by atoms with E-state index >= 15 is 0 Å². The van der Waals surface area contributed by atoms with E-state index in [-0.39, 0.29) is 112 Å². The van der Waals surface area contributed by atoms with Crippen molar-refractivity contribution in [3.63, 3.8) is 0 Å². The minimum absolute atomic E-state index is 0.0565. The van der Waals surface area contributed by atoms with Crippen LogP contribution in [0, 0.1) is 23.3 Å². The monoisotopic (exact) mass is 2150 g/mol. The van der Waals surface area contributed by atoms with Gasteiger partial charge in [-0.2, -0.15) is 4.31 Å². The highest BCUT2D eigenvalue weighted by Gasteiger charge is 2.52. The maximum absolute atomic E-state index is 13.8. The smallest absolute Gasteiger partial charge is 0.338 e. The van der Waals surface area contributed by atoms with E-state index in [0.29, 0.717) is 146 Å². The molecule has 0 spiro atoms. The van der Waals surface area contributed by atoms with E-state index in [2.05, 4.69) is 34.1 Å². The molecule has 3 saturated carbocycles. The molecule has 7 fully saturated rings. The normalized spacial score (nSPS) is 23.1. The number of esters is 4. The van der Waals surface area contributed by atoms with Crippen molar-refractivity contribution in [1.29, 1.82) is 0 Å². The third-order valence-electron chi connectivity index (χ3n) is 25.0. The highest BCUT2D eigenvalue weighted by Crippen LogP contribution is 2.50. The number of amidine groups is 4. The number of benzene rings is 4. The Morgan fingerprint density at radius 2 is 0.757 bits per heavy atom. The highest BCUT2D eigenvalue weighted by atomic mass is 35.5. The molecule has 3 aliphatic carbocycles. The van der Waals surface area contributed by atoms with Gasteiger partial charge in [0.25, 0.3) is 0 Å². The molecule has 0 bridgehead atoms. The Kier molecular flexibility index (Phi) is 32.7. The number of sulfonamides is 3. The first-order chi connectivity index (χ1) is 67.0. The van der Waals surface area contributed by atoms with Crippen molar-refractivity contribution in [2.45, 2.75) is 194 Å². The number of hydrogen-bond donors (Lipinski definition) is 4. The number of carbonyl (C=O) groups excluding carboxylic acids is 4. The van der Waals surface area contributed by atoms with Crippen molar-refractivity contribution in [3.05, 3.63) is 250 Å². The van der Waals surface area contributed by atoms with Gasteiger partial charge in [0, 0.05) is 200 Å². The molecule has 12 heterocycles. The molecule has 1 unspecified atom stereocenters. The van der Waals surface area contributed by atoms with Crippen molar-refractivity contribution in [3.8, 4) is 0 Å². The third-order valence-corrected chi connectivity index (χ3v) is 37.2. The zero-order valence-electron chi connectivity index (χ0n) is 76.4. The number of fused-ring (bicyclic) bond motifs is 4. The summed E-state index contributed by atoms with van der Waals surface area (Å²) in [6, 6.07) is 10.9. The Morgan fingerprint density at radius 3 is 1.04 bits per heavy atom. The molecule has 4 aromatic carbocycles. The second-order valence-corrected chi connectivity index (χ2v) is 47.7. The zero-order chi connectivity index (χ0) is 99.7. The first kappa shape index (κ1) is 104. The molecular weight excluding hydrogens is 2060 g/mol. The van der Waals surface area contributed by atoms with Crippen LogP contribution < -0.4 is 14.2 Å². The van der Waals surface area contributed by atoms with Gasteiger partial charge in [0.15, 0.2) is 43.4 Å². The number of likely N-dealkylation sites (N-methyl/N-ethyl adjacent to an activating group) is 1. The quantitative estimate of drug-likeness (QED) is 0.0201. The van der Waals surface area contributed by atoms with Gasteiger partial charge in [-0.15, -0.1) is 45.3 Å². The topological polar surface area (TPSA) is 398 Å². The molecule has 0 amide bonds. The lowest BCUT2D eigenvalue weighted by Crippen LogP contribution is -2.49. The first-order valence-corrected chi connectivity index (χ1v) is 56.1. The Bertz CT molecular complexity index is 6710. The fraction of sp³-hybridized carbons (Fsp3) is 0.435. The number of aliphatic hydroxyl groups excluding tert-OH is 1. The van der Waals surface area contributed by atoms with E-state index in [9.17, 15) is 71.3 Å². The lowest BCUT2D eigenvalue weighted by molar-refractivity contribution is -0.140. The summed E-state index contributed by atoms with van der Waals surface area (Å²) in [7, 11) is -10.3. The van der Waals surface area contributed by atoms with E-state index in [1.165, 1.54) is 110 Å². The van der Waals surface area contributed by atoms with Gasteiger partial charge in [0.1, 0.15) is 47.4 Å². The molecular formula is C92H98Cl4F4N16O16S8. The fourth-order valence-corrected chi connectivity index (χ4v) is 28.0. The summed E-state index contributed by atoms with van der Waals surface area (Å²) in [6.45, 7) is 12.6. The lowest BCUT2D eigenvalue weighted by Gasteiger charge is -2.32. The van der Waals surface area contributed by atoms with Gasteiger partial charge < -0.3 is 43.7 Å². The number of hydrogen-bond acceptors (Lipinski definition) is 32. The molecule has 32 nitrogen and oxygen atoms in total. The van der Waals surface area contributed by atoms with Crippen molar-refractivity contribution in [1.82, 2.24) is 58.0 Å². The molecule has 140 heavy (non-hydrogen) atoms. The van der Waals surface area contributed by atoms with E-state index in [0.717, 1.165) is 24.6 Å². The average Bonchev–Trinajstić information content (AvgIpc) is 1.58. The second kappa shape index (κ2) is 44.2. The average molecular weight is 2160 g/mol. The zero-order valence-corrected chi connectivity index (χ0v) is 85.9. The van der Waals surface area contributed by atoms with E-state index in [4.69, 9.17) is 85.3 Å².